The Balaban J connectivity index is 1.85. The van der Waals surface area contributed by atoms with Crippen molar-refractivity contribution in [1.29, 1.82) is 0 Å². The minimum Gasteiger partial charge on any atom is -0.288 e. The Morgan fingerprint density at radius 2 is 1.41 bits per heavy atom. The average molecular weight is 392 g/mol. The summed E-state index contributed by atoms with van der Waals surface area (Å²) in [5, 5.41) is 3.89. The normalized spacial score (nSPS) is 12.4. The van der Waals surface area contributed by atoms with Crippen molar-refractivity contribution >= 4 is 39.1 Å². The molecular weight excluding hydrogens is 378 g/mol. The van der Waals surface area contributed by atoms with E-state index in [9.17, 15) is 4.79 Å². The van der Waals surface area contributed by atoms with E-state index >= 15 is 0 Å². The third-order valence-corrected chi connectivity index (χ3v) is 5.91. The summed E-state index contributed by atoms with van der Waals surface area (Å²) in [5.74, 6) is 0.0304. The quantitative estimate of drug-likeness (QED) is 0.285. The molecule has 5 aromatic rings. The first kappa shape index (κ1) is 16.5. The molecule has 0 atom stereocenters. The highest BCUT2D eigenvalue weighted by Gasteiger charge is 2.32. The smallest absolute Gasteiger partial charge is 0.196 e. The predicted octanol–water partition coefficient (Wildman–Crippen LogP) is 6.92. The van der Waals surface area contributed by atoms with Crippen molar-refractivity contribution in [2.45, 2.75) is 0 Å². The van der Waals surface area contributed by atoms with Crippen LogP contribution in [0.1, 0.15) is 15.9 Å². The van der Waals surface area contributed by atoms with Crippen molar-refractivity contribution in [3.63, 3.8) is 0 Å². The van der Waals surface area contributed by atoms with Gasteiger partial charge in [0.05, 0.1) is 16.8 Å². The van der Waals surface area contributed by atoms with Gasteiger partial charge in [-0.2, -0.15) is 0 Å². The molecule has 1 heterocycles. The van der Waals surface area contributed by atoms with E-state index in [0.717, 1.165) is 44.1 Å². The van der Waals surface area contributed by atoms with Gasteiger partial charge in [-0.1, -0.05) is 78.3 Å². The standard InChI is InChI=1S/C26H14ClNO/c27-17-12-9-16(10-13-17)22-23-18-6-2-1-5-15(18)11-14-21(23)28-25-19-7-3-4-8-20(19)26(29)24(22)25/h1-14H. The molecule has 136 valence electrons. The zero-order chi connectivity index (χ0) is 19.5. The van der Waals surface area contributed by atoms with Gasteiger partial charge in [0.25, 0.3) is 0 Å². The number of halogens is 1. The molecule has 2 nitrogen and oxygen atoms in total. The highest BCUT2D eigenvalue weighted by atomic mass is 35.5. The zero-order valence-electron chi connectivity index (χ0n) is 15.3. The Hall–Kier alpha value is -3.49. The van der Waals surface area contributed by atoms with Crippen LogP contribution in [0.4, 0.5) is 0 Å². The van der Waals surface area contributed by atoms with E-state index in [1.807, 2.05) is 66.7 Å². The Morgan fingerprint density at radius 3 is 2.24 bits per heavy atom. The van der Waals surface area contributed by atoms with Crippen LogP contribution in [0, 0.1) is 0 Å². The maximum Gasteiger partial charge on any atom is 0.196 e. The second-order valence-electron chi connectivity index (χ2n) is 7.27. The first-order chi connectivity index (χ1) is 14.2. The van der Waals surface area contributed by atoms with Gasteiger partial charge < -0.3 is 0 Å². The first-order valence-electron chi connectivity index (χ1n) is 9.48. The topological polar surface area (TPSA) is 30.0 Å². The monoisotopic (exact) mass is 391 g/mol. The van der Waals surface area contributed by atoms with Gasteiger partial charge in [0.1, 0.15) is 0 Å². The van der Waals surface area contributed by atoms with E-state index in [1.54, 1.807) is 0 Å². The lowest BCUT2D eigenvalue weighted by atomic mass is 9.91. The number of ketones is 1. The maximum atomic E-state index is 13.5. The molecule has 1 aromatic heterocycles. The number of fused-ring (bicyclic) bond motifs is 6. The predicted molar refractivity (Wildman–Crippen MR) is 119 cm³/mol. The lowest BCUT2D eigenvalue weighted by Crippen LogP contribution is -2.01. The van der Waals surface area contributed by atoms with Gasteiger partial charge in [0.2, 0.25) is 0 Å². The fraction of sp³-hybridized carbons (Fsp3) is 0. The van der Waals surface area contributed by atoms with Crippen molar-refractivity contribution in [3.8, 4) is 22.4 Å². The second-order valence-corrected chi connectivity index (χ2v) is 7.71. The van der Waals surface area contributed by atoms with Crippen LogP contribution < -0.4 is 0 Å². The third kappa shape index (κ3) is 2.30. The van der Waals surface area contributed by atoms with Crippen LogP contribution in [0.15, 0.2) is 84.9 Å². The molecule has 0 saturated carbocycles. The molecule has 0 spiro atoms. The summed E-state index contributed by atoms with van der Waals surface area (Å²) in [7, 11) is 0. The van der Waals surface area contributed by atoms with E-state index in [2.05, 4.69) is 18.2 Å². The van der Waals surface area contributed by atoms with Crippen molar-refractivity contribution in [3.05, 3.63) is 101 Å². The summed E-state index contributed by atoms with van der Waals surface area (Å²) < 4.78 is 0. The van der Waals surface area contributed by atoms with Crippen LogP contribution in [-0.2, 0) is 0 Å². The number of carbonyl (C=O) groups excluding carboxylic acids is 1. The van der Waals surface area contributed by atoms with Crippen LogP contribution in [0.25, 0.3) is 44.1 Å². The second kappa shape index (κ2) is 6.00. The van der Waals surface area contributed by atoms with E-state index in [1.165, 1.54) is 0 Å². The first-order valence-corrected chi connectivity index (χ1v) is 9.86. The van der Waals surface area contributed by atoms with Gasteiger partial charge in [0, 0.05) is 27.1 Å². The van der Waals surface area contributed by atoms with Crippen molar-refractivity contribution in [2.24, 2.45) is 0 Å². The van der Waals surface area contributed by atoms with E-state index in [4.69, 9.17) is 16.6 Å². The number of pyridine rings is 1. The molecule has 0 radical (unpaired) electrons. The lowest BCUT2D eigenvalue weighted by molar-refractivity contribution is 0.104. The average Bonchev–Trinajstić information content (AvgIpc) is 3.05. The number of aromatic nitrogens is 1. The molecule has 6 rings (SSSR count). The van der Waals surface area contributed by atoms with Gasteiger partial charge in [-0.3, -0.25) is 4.79 Å². The van der Waals surface area contributed by atoms with E-state index < -0.39 is 0 Å². The molecule has 0 bridgehead atoms. The minimum atomic E-state index is 0.0304. The summed E-state index contributed by atoms with van der Waals surface area (Å²) in [6.45, 7) is 0. The number of rotatable bonds is 1. The molecule has 1 aliphatic rings. The zero-order valence-corrected chi connectivity index (χ0v) is 16.1. The minimum absolute atomic E-state index is 0.0304. The highest BCUT2D eigenvalue weighted by Crippen LogP contribution is 2.45. The van der Waals surface area contributed by atoms with Crippen molar-refractivity contribution in [2.75, 3.05) is 0 Å². The molecule has 3 heteroatoms. The number of benzene rings is 4. The summed E-state index contributed by atoms with van der Waals surface area (Å²) in [5.41, 5.74) is 5.84. The Labute approximate surface area is 172 Å². The van der Waals surface area contributed by atoms with Gasteiger partial charge in [-0.05, 0) is 34.5 Å². The van der Waals surface area contributed by atoms with Crippen LogP contribution in [0.5, 0.6) is 0 Å². The molecule has 0 fully saturated rings. The lowest BCUT2D eigenvalue weighted by Gasteiger charge is -2.14. The molecule has 0 N–H and O–H groups in total. The molecular formula is C26H14ClNO. The molecule has 0 amide bonds. The van der Waals surface area contributed by atoms with Crippen LogP contribution in [0.2, 0.25) is 5.02 Å². The molecule has 0 aliphatic heterocycles. The highest BCUT2D eigenvalue weighted by molar-refractivity contribution is 6.31. The third-order valence-electron chi connectivity index (χ3n) is 5.66. The number of hydrogen-bond donors (Lipinski definition) is 0. The van der Waals surface area contributed by atoms with Gasteiger partial charge in [-0.25, -0.2) is 4.98 Å². The Bertz CT molecular complexity index is 1470. The van der Waals surface area contributed by atoms with Crippen LogP contribution >= 0.6 is 11.6 Å². The van der Waals surface area contributed by atoms with Crippen LogP contribution in [0.3, 0.4) is 0 Å². The van der Waals surface area contributed by atoms with E-state index in [0.29, 0.717) is 16.1 Å². The maximum absolute atomic E-state index is 13.5. The molecule has 0 saturated heterocycles. The summed E-state index contributed by atoms with van der Waals surface area (Å²) in [6, 6.07) is 27.8. The summed E-state index contributed by atoms with van der Waals surface area (Å²) in [4.78, 5) is 18.4. The fourth-order valence-electron chi connectivity index (χ4n) is 4.38. The van der Waals surface area contributed by atoms with Crippen molar-refractivity contribution in [1.82, 2.24) is 4.98 Å². The Morgan fingerprint density at radius 1 is 0.690 bits per heavy atom. The number of hydrogen-bond acceptors (Lipinski definition) is 2. The van der Waals surface area contributed by atoms with Gasteiger partial charge >= 0.3 is 0 Å². The number of carbonyl (C=O) groups is 1. The summed E-state index contributed by atoms with van der Waals surface area (Å²) >= 11 is 6.15. The molecule has 1 aliphatic carbocycles. The van der Waals surface area contributed by atoms with Crippen molar-refractivity contribution < 1.29 is 4.79 Å². The molecule has 0 unspecified atom stereocenters. The largest absolute Gasteiger partial charge is 0.288 e. The van der Waals surface area contributed by atoms with Gasteiger partial charge in [0.15, 0.2) is 5.78 Å². The van der Waals surface area contributed by atoms with Gasteiger partial charge in [-0.15, -0.1) is 0 Å². The SMILES string of the molecule is O=C1c2ccccc2-c2nc3ccc4ccccc4c3c(-c3ccc(Cl)cc3)c21. The Kier molecular flexibility index (Phi) is 3.41. The summed E-state index contributed by atoms with van der Waals surface area (Å²) in [6.07, 6.45) is 0. The fourth-order valence-corrected chi connectivity index (χ4v) is 4.51. The molecule has 29 heavy (non-hydrogen) atoms. The molecule has 4 aromatic carbocycles. The van der Waals surface area contributed by atoms with E-state index in [-0.39, 0.29) is 5.78 Å². The number of nitrogens with zero attached hydrogens (tertiary/aromatic N) is 1. The van der Waals surface area contributed by atoms with Crippen LogP contribution in [-0.4, -0.2) is 10.8 Å².